The van der Waals surface area contributed by atoms with Gasteiger partial charge in [-0.25, -0.2) is 4.98 Å². The summed E-state index contributed by atoms with van der Waals surface area (Å²) in [5.74, 6) is -0.929. The number of carbonyl (C=O) groups excluding carboxylic acids is 2. The number of nitrogens with zero attached hydrogens (tertiary/aromatic N) is 4. The Labute approximate surface area is 217 Å². The molecule has 3 heterocycles. The largest absolute Gasteiger partial charge is 0.433 e. The van der Waals surface area contributed by atoms with E-state index in [0.29, 0.717) is 12.0 Å². The maximum absolute atomic E-state index is 13.7. The molecule has 2 amide bonds. The molecular weight excluding hydrogens is 497 g/mol. The molecule has 8 nitrogen and oxygen atoms in total. The smallest absolute Gasteiger partial charge is 0.313 e. The van der Waals surface area contributed by atoms with Crippen molar-refractivity contribution in [2.45, 2.75) is 38.3 Å². The number of carbonyl (C=O) groups is 2. The zero-order valence-corrected chi connectivity index (χ0v) is 20.8. The molecule has 3 aromatic rings. The zero-order chi connectivity index (χ0) is 27.1. The van der Waals surface area contributed by atoms with Gasteiger partial charge in [0.1, 0.15) is 11.5 Å². The summed E-state index contributed by atoms with van der Waals surface area (Å²) in [5.41, 5.74) is 0.517. The van der Waals surface area contributed by atoms with Crippen LogP contribution in [0.15, 0.2) is 48.8 Å². The molecule has 2 fully saturated rings. The lowest BCUT2D eigenvalue weighted by Gasteiger charge is -2.26. The highest BCUT2D eigenvalue weighted by Crippen LogP contribution is 2.54. The van der Waals surface area contributed by atoms with Gasteiger partial charge in [0.15, 0.2) is 0 Å². The zero-order valence-electron chi connectivity index (χ0n) is 20.8. The Bertz CT molecular complexity index is 1400. The summed E-state index contributed by atoms with van der Waals surface area (Å²) in [7, 11) is 1.80. The summed E-state index contributed by atoms with van der Waals surface area (Å²) >= 11 is 0. The molecule has 0 spiro atoms. The van der Waals surface area contributed by atoms with E-state index in [1.54, 1.807) is 30.1 Å². The first-order valence-electron chi connectivity index (χ1n) is 12.4. The molecule has 1 aliphatic carbocycles. The highest BCUT2D eigenvalue weighted by Gasteiger charge is 2.55. The topological polar surface area (TPSA) is 104 Å². The first-order valence-corrected chi connectivity index (χ1v) is 12.4. The van der Waals surface area contributed by atoms with Crippen LogP contribution in [0.25, 0.3) is 11.1 Å². The molecule has 1 aromatic carbocycles. The Balaban J connectivity index is 1.38. The molecule has 1 saturated carbocycles. The molecule has 198 valence electrons. The van der Waals surface area contributed by atoms with E-state index in [-0.39, 0.29) is 42.7 Å². The fraction of sp³-hybridized carbons (Fsp3) is 0.370. The Kier molecular flexibility index (Phi) is 6.54. The van der Waals surface area contributed by atoms with Gasteiger partial charge in [0.05, 0.1) is 18.0 Å². The van der Waals surface area contributed by atoms with Crippen LogP contribution in [-0.2, 0) is 29.2 Å². The van der Waals surface area contributed by atoms with Crippen molar-refractivity contribution in [2.75, 3.05) is 16.8 Å². The molecule has 2 aliphatic rings. The highest BCUT2D eigenvalue weighted by atomic mass is 19.4. The van der Waals surface area contributed by atoms with Gasteiger partial charge in [-0.1, -0.05) is 24.3 Å². The van der Waals surface area contributed by atoms with E-state index in [1.807, 2.05) is 18.3 Å². The third kappa shape index (κ3) is 5.05. The lowest BCUT2D eigenvalue weighted by molar-refractivity contribution is -0.141. The minimum Gasteiger partial charge on any atom is -0.313 e. The molecule has 11 heteroatoms. The number of alkyl halides is 3. The monoisotopic (exact) mass is 524 g/mol. The molecule has 0 bridgehead atoms. The fourth-order valence-electron chi connectivity index (χ4n) is 5.27. The Morgan fingerprint density at radius 1 is 1.24 bits per heavy atom. The fourth-order valence-corrected chi connectivity index (χ4v) is 5.27. The third-order valence-corrected chi connectivity index (χ3v) is 7.29. The average molecular weight is 525 g/mol. The minimum absolute atomic E-state index is 0.0405. The Hall–Kier alpha value is -4.02. The number of pyridine rings is 1. The predicted octanol–water partition coefficient (Wildman–Crippen LogP) is 4.85. The van der Waals surface area contributed by atoms with Gasteiger partial charge in [-0.2, -0.15) is 18.3 Å². The van der Waals surface area contributed by atoms with Crippen molar-refractivity contribution in [3.05, 3.63) is 60.0 Å². The summed E-state index contributed by atoms with van der Waals surface area (Å²) in [4.78, 5) is 31.2. The van der Waals surface area contributed by atoms with Crippen LogP contribution in [0.5, 0.6) is 0 Å². The number of amides is 2. The van der Waals surface area contributed by atoms with Gasteiger partial charge in [-0.15, -0.1) is 0 Å². The van der Waals surface area contributed by atoms with E-state index < -0.39 is 23.2 Å². The summed E-state index contributed by atoms with van der Waals surface area (Å²) in [6.45, 7) is 0.249. The quantitative estimate of drug-likeness (QED) is 0.411. The Morgan fingerprint density at radius 3 is 2.68 bits per heavy atom. The molecule has 1 atom stereocenters. The van der Waals surface area contributed by atoms with Crippen molar-refractivity contribution >= 4 is 29.5 Å². The molecule has 2 N–H and O–H groups in total. The van der Waals surface area contributed by atoms with Crippen molar-refractivity contribution < 1.29 is 22.8 Å². The van der Waals surface area contributed by atoms with Crippen molar-refractivity contribution in [1.82, 2.24) is 14.8 Å². The number of aromatic nitrogens is 3. The molecule has 1 aliphatic heterocycles. The lowest BCUT2D eigenvalue weighted by Crippen LogP contribution is -2.36. The molecule has 38 heavy (non-hydrogen) atoms. The third-order valence-electron chi connectivity index (χ3n) is 7.29. The second-order valence-electron chi connectivity index (χ2n) is 9.97. The molecule has 1 saturated heterocycles. The maximum Gasteiger partial charge on any atom is 0.433 e. The van der Waals surface area contributed by atoms with Crippen LogP contribution in [0.2, 0.25) is 0 Å². The van der Waals surface area contributed by atoms with Gasteiger partial charge in [-0.05, 0) is 55.0 Å². The van der Waals surface area contributed by atoms with Gasteiger partial charge in [0, 0.05) is 37.1 Å². The molecule has 5 rings (SSSR count). The normalized spacial score (nSPS) is 19.6. The molecular formula is C27H27F3N6O2. The molecule has 2 aromatic heterocycles. The van der Waals surface area contributed by atoms with Gasteiger partial charge in [0.2, 0.25) is 11.8 Å². The van der Waals surface area contributed by atoms with Gasteiger partial charge in [-0.3, -0.25) is 14.3 Å². The van der Waals surface area contributed by atoms with E-state index in [1.165, 1.54) is 17.2 Å². The van der Waals surface area contributed by atoms with E-state index in [2.05, 4.69) is 15.4 Å². The standard InChI is InChI=1S/C27H27F3N6O2/c1-35-16-19(15-32-35)18-4-2-3-17(11-18)12-24(37)34-23-14-21(13-22(33-23)27(28,29)30)36-10-8-26(7-9-31,25(36)38)20-5-6-20/h2-4,9,11,13-16,20,31H,5-8,10,12H2,1H3,(H,33,34,37)/t26-/m0/s1. The van der Waals surface area contributed by atoms with E-state index in [0.717, 1.165) is 30.0 Å². The number of halogens is 3. The molecule has 0 unspecified atom stereocenters. The SMILES string of the molecule is Cn1cc(-c2cccc(CC(=O)Nc3cc(N4CC[C@@](CC=N)(C5CC5)C4=O)cc(C(F)(F)F)n3)c2)cn1. The van der Waals surface area contributed by atoms with Crippen molar-refractivity contribution in [3.8, 4) is 11.1 Å². The summed E-state index contributed by atoms with van der Waals surface area (Å²) < 4.78 is 42.8. The highest BCUT2D eigenvalue weighted by molar-refractivity contribution is 6.02. The maximum atomic E-state index is 13.7. The number of anilines is 2. The van der Waals surface area contributed by atoms with E-state index in [4.69, 9.17) is 5.41 Å². The second-order valence-corrected chi connectivity index (χ2v) is 9.97. The number of nitrogens with one attached hydrogen (secondary N) is 2. The molecule has 0 radical (unpaired) electrons. The van der Waals surface area contributed by atoms with Crippen LogP contribution < -0.4 is 10.2 Å². The van der Waals surface area contributed by atoms with E-state index >= 15 is 0 Å². The summed E-state index contributed by atoms with van der Waals surface area (Å²) in [5, 5.41) is 14.2. The number of hydrogen-bond acceptors (Lipinski definition) is 5. The first-order chi connectivity index (χ1) is 18.1. The number of benzene rings is 1. The van der Waals surface area contributed by atoms with Crippen molar-refractivity contribution in [2.24, 2.45) is 18.4 Å². The van der Waals surface area contributed by atoms with Crippen LogP contribution in [0.3, 0.4) is 0 Å². The van der Waals surface area contributed by atoms with Gasteiger partial charge < -0.3 is 15.6 Å². The minimum atomic E-state index is -4.77. The van der Waals surface area contributed by atoms with Crippen LogP contribution in [0, 0.1) is 16.7 Å². The Morgan fingerprint density at radius 2 is 2.03 bits per heavy atom. The van der Waals surface area contributed by atoms with Gasteiger partial charge >= 0.3 is 6.18 Å². The number of rotatable bonds is 8. The van der Waals surface area contributed by atoms with E-state index in [9.17, 15) is 22.8 Å². The van der Waals surface area contributed by atoms with Gasteiger partial charge in [0.25, 0.3) is 0 Å². The van der Waals surface area contributed by atoms with Crippen LogP contribution in [-0.4, -0.2) is 39.3 Å². The van der Waals surface area contributed by atoms with Crippen LogP contribution >= 0.6 is 0 Å². The summed E-state index contributed by atoms with van der Waals surface area (Å²) in [6, 6.07) is 9.42. The predicted molar refractivity (Wildman–Crippen MR) is 136 cm³/mol. The first kappa shape index (κ1) is 25.6. The number of hydrogen-bond donors (Lipinski definition) is 2. The van der Waals surface area contributed by atoms with Crippen LogP contribution in [0.4, 0.5) is 24.7 Å². The second kappa shape index (κ2) is 9.70. The van der Waals surface area contributed by atoms with Crippen molar-refractivity contribution in [3.63, 3.8) is 0 Å². The summed E-state index contributed by atoms with van der Waals surface area (Å²) in [6.07, 6.45) is 2.41. The lowest BCUT2D eigenvalue weighted by atomic mass is 9.78. The van der Waals surface area contributed by atoms with Crippen molar-refractivity contribution in [1.29, 1.82) is 5.41 Å². The average Bonchev–Trinajstić information content (AvgIpc) is 3.55. The number of aryl methyl sites for hydroxylation is 1. The van der Waals surface area contributed by atoms with Crippen LogP contribution in [0.1, 0.15) is 36.9 Å².